The Morgan fingerprint density at radius 2 is 2.07 bits per heavy atom. The number of benzene rings is 1. The number of hydrogen-bond acceptors (Lipinski definition) is 5. The molecule has 1 fully saturated rings. The van der Waals surface area contributed by atoms with Crippen molar-refractivity contribution in [2.45, 2.75) is 31.7 Å². The lowest BCUT2D eigenvalue weighted by molar-refractivity contribution is -0.118. The summed E-state index contributed by atoms with van der Waals surface area (Å²) in [5, 5.41) is 5.20. The van der Waals surface area contributed by atoms with Gasteiger partial charge in [-0.05, 0) is 30.4 Å². The second kappa shape index (κ2) is 9.05. The molecule has 2 aromatic rings. The summed E-state index contributed by atoms with van der Waals surface area (Å²) in [5.74, 6) is -0.944. The van der Waals surface area contributed by atoms with Crippen molar-refractivity contribution >= 4 is 23.2 Å². The third-order valence-electron chi connectivity index (χ3n) is 4.66. The third kappa shape index (κ3) is 5.33. The maximum atomic E-state index is 13.8. The summed E-state index contributed by atoms with van der Waals surface area (Å²) in [6.07, 6.45) is 1.96. The van der Waals surface area contributed by atoms with Crippen LogP contribution in [0.3, 0.4) is 0 Å². The number of nitrogens with zero attached hydrogens (tertiary/aromatic N) is 1. The molecular formula is C19H22FN3O3S. The molecule has 6 nitrogen and oxygen atoms in total. The van der Waals surface area contributed by atoms with Gasteiger partial charge in [-0.1, -0.05) is 18.2 Å². The average molecular weight is 391 g/mol. The summed E-state index contributed by atoms with van der Waals surface area (Å²) < 4.78 is 19.1. The molecule has 0 aliphatic carbocycles. The zero-order chi connectivity index (χ0) is 19.2. The van der Waals surface area contributed by atoms with E-state index >= 15 is 0 Å². The molecule has 8 heteroatoms. The van der Waals surface area contributed by atoms with Crippen molar-refractivity contribution < 1.29 is 18.7 Å². The van der Waals surface area contributed by atoms with Gasteiger partial charge in [0.05, 0.1) is 5.01 Å². The van der Waals surface area contributed by atoms with Crippen LogP contribution in [0.1, 0.15) is 40.3 Å². The molecule has 27 heavy (non-hydrogen) atoms. The van der Waals surface area contributed by atoms with E-state index in [1.54, 1.807) is 23.6 Å². The fraction of sp³-hybridized carbons (Fsp3) is 0.421. The van der Waals surface area contributed by atoms with Crippen LogP contribution in [0.5, 0.6) is 0 Å². The van der Waals surface area contributed by atoms with Crippen molar-refractivity contribution in [1.29, 1.82) is 0 Å². The summed E-state index contributed by atoms with van der Waals surface area (Å²) in [7, 11) is 0. The number of primary amides is 1. The first kappa shape index (κ1) is 19.4. The predicted molar refractivity (Wildman–Crippen MR) is 99.9 cm³/mol. The number of nitrogens with two attached hydrogens (primary N) is 1. The average Bonchev–Trinajstić information content (AvgIpc) is 3.12. The molecule has 1 aromatic carbocycles. The lowest BCUT2D eigenvalue weighted by Gasteiger charge is -2.30. The largest absolute Gasteiger partial charge is 0.381 e. The number of carbonyl (C=O) groups is 2. The van der Waals surface area contributed by atoms with Gasteiger partial charge in [0, 0.05) is 37.5 Å². The van der Waals surface area contributed by atoms with Crippen molar-refractivity contribution in [2.75, 3.05) is 13.2 Å². The van der Waals surface area contributed by atoms with Crippen LogP contribution < -0.4 is 11.1 Å². The Balaban J connectivity index is 1.66. The highest BCUT2D eigenvalue weighted by Crippen LogP contribution is 2.22. The monoisotopic (exact) mass is 391 g/mol. The van der Waals surface area contributed by atoms with Gasteiger partial charge in [0.25, 0.3) is 5.91 Å². The van der Waals surface area contributed by atoms with E-state index in [1.807, 2.05) is 0 Å². The van der Waals surface area contributed by atoms with Gasteiger partial charge in [0.15, 0.2) is 0 Å². The minimum atomic E-state index is -0.453. The van der Waals surface area contributed by atoms with Crippen LogP contribution in [0.4, 0.5) is 4.39 Å². The summed E-state index contributed by atoms with van der Waals surface area (Å²) >= 11 is 1.31. The van der Waals surface area contributed by atoms with Crippen LogP contribution in [0.2, 0.25) is 0 Å². The van der Waals surface area contributed by atoms with Gasteiger partial charge in [0.2, 0.25) is 5.91 Å². The maximum absolute atomic E-state index is 13.8. The van der Waals surface area contributed by atoms with E-state index in [0.29, 0.717) is 30.2 Å². The molecule has 0 saturated carbocycles. The number of halogens is 1. The second-order valence-corrected chi connectivity index (χ2v) is 7.54. The number of ether oxygens (including phenoxy) is 1. The molecule has 3 rings (SSSR count). The minimum absolute atomic E-state index is 0.0859. The molecule has 2 heterocycles. The van der Waals surface area contributed by atoms with Crippen molar-refractivity contribution in [3.05, 3.63) is 51.7 Å². The van der Waals surface area contributed by atoms with Gasteiger partial charge in [-0.3, -0.25) is 9.59 Å². The second-order valence-electron chi connectivity index (χ2n) is 6.59. The first-order valence-corrected chi connectivity index (χ1v) is 9.75. The Bertz CT molecular complexity index is 805. The SMILES string of the molecule is NC(=O)CC(NC(=O)c1csc(Cc2ccccc2F)n1)C1CCOCC1. The number of thiazole rings is 1. The standard InChI is InChI=1S/C19H22FN3O3S/c20-14-4-2-1-3-13(14)9-18-22-16(11-27-18)19(25)23-15(10-17(21)24)12-5-7-26-8-6-12/h1-4,11-12,15H,5-10H2,(H2,21,24)(H,23,25). The van der Waals surface area contributed by atoms with Crippen LogP contribution in [0.15, 0.2) is 29.6 Å². The Morgan fingerprint density at radius 1 is 1.33 bits per heavy atom. The highest BCUT2D eigenvalue weighted by atomic mass is 32.1. The molecular weight excluding hydrogens is 369 g/mol. The first-order valence-electron chi connectivity index (χ1n) is 8.87. The van der Waals surface area contributed by atoms with Crippen LogP contribution in [0, 0.1) is 11.7 Å². The van der Waals surface area contributed by atoms with Crippen molar-refractivity contribution in [2.24, 2.45) is 11.7 Å². The van der Waals surface area contributed by atoms with Crippen molar-refractivity contribution in [3.63, 3.8) is 0 Å². The predicted octanol–water partition coefficient (Wildman–Crippen LogP) is 2.27. The van der Waals surface area contributed by atoms with Crippen LogP contribution in [-0.4, -0.2) is 36.1 Å². The van der Waals surface area contributed by atoms with Crippen LogP contribution >= 0.6 is 11.3 Å². The number of hydrogen-bond donors (Lipinski definition) is 2. The van der Waals surface area contributed by atoms with E-state index in [1.165, 1.54) is 17.4 Å². The topological polar surface area (TPSA) is 94.3 Å². The molecule has 0 spiro atoms. The fourth-order valence-corrected chi connectivity index (χ4v) is 4.01. The fourth-order valence-electron chi connectivity index (χ4n) is 3.21. The van der Waals surface area contributed by atoms with Gasteiger partial charge >= 0.3 is 0 Å². The molecule has 1 unspecified atom stereocenters. The zero-order valence-corrected chi connectivity index (χ0v) is 15.6. The van der Waals surface area contributed by atoms with E-state index in [-0.39, 0.29) is 35.8 Å². The van der Waals surface area contributed by atoms with Gasteiger partial charge in [-0.2, -0.15) is 0 Å². The summed E-state index contributed by atoms with van der Waals surface area (Å²) in [4.78, 5) is 28.3. The quantitative estimate of drug-likeness (QED) is 0.757. The van der Waals surface area contributed by atoms with Gasteiger partial charge in [-0.15, -0.1) is 11.3 Å². The van der Waals surface area contributed by atoms with E-state index in [4.69, 9.17) is 10.5 Å². The number of amides is 2. The van der Waals surface area contributed by atoms with E-state index < -0.39 is 5.91 Å². The third-order valence-corrected chi connectivity index (χ3v) is 5.51. The van der Waals surface area contributed by atoms with Gasteiger partial charge in [0.1, 0.15) is 11.5 Å². The number of aromatic nitrogens is 1. The number of nitrogens with one attached hydrogen (secondary N) is 1. The minimum Gasteiger partial charge on any atom is -0.381 e. The molecule has 0 bridgehead atoms. The molecule has 1 atom stereocenters. The Hall–Kier alpha value is -2.32. The lowest BCUT2D eigenvalue weighted by atomic mass is 9.89. The van der Waals surface area contributed by atoms with Crippen molar-refractivity contribution in [3.8, 4) is 0 Å². The smallest absolute Gasteiger partial charge is 0.271 e. The highest BCUT2D eigenvalue weighted by molar-refractivity contribution is 7.09. The molecule has 2 amide bonds. The van der Waals surface area contributed by atoms with E-state index in [0.717, 1.165) is 12.8 Å². The summed E-state index contributed by atoms with van der Waals surface area (Å²) in [5.41, 5.74) is 6.15. The molecule has 1 aliphatic rings. The van der Waals surface area contributed by atoms with E-state index in [2.05, 4.69) is 10.3 Å². The van der Waals surface area contributed by atoms with Crippen LogP contribution in [0.25, 0.3) is 0 Å². The Morgan fingerprint density at radius 3 is 2.78 bits per heavy atom. The molecule has 0 radical (unpaired) electrons. The molecule has 1 saturated heterocycles. The molecule has 144 valence electrons. The lowest BCUT2D eigenvalue weighted by Crippen LogP contribution is -2.44. The van der Waals surface area contributed by atoms with Gasteiger partial charge in [-0.25, -0.2) is 9.37 Å². The maximum Gasteiger partial charge on any atom is 0.271 e. The Kier molecular flexibility index (Phi) is 6.52. The van der Waals surface area contributed by atoms with Crippen LogP contribution in [-0.2, 0) is 16.0 Å². The normalized spacial score (nSPS) is 16.0. The van der Waals surface area contributed by atoms with Gasteiger partial charge < -0.3 is 15.8 Å². The summed E-state index contributed by atoms with van der Waals surface area (Å²) in [6, 6.07) is 6.16. The highest BCUT2D eigenvalue weighted by Gasteiger charge is 2.28. The zero-order valence-electron chi connectivity index (χ0n) is 14.8. The summed E-state index contributed by atoms with van der Waals surface area (Å²) in [6.45, 7) is 1.22. The van der Waals surface area contributed by atoms with E-state index in [9.17, 15) is 14.0 Å². The molecule has 1 aromatic heterocycles. The number of carbonyl (C=O) groups excluding carboxylic acids is 2. The molecule has 1 aliphatic heterocycles. The number of rotatable bonds is 7. The molecule has 3 N–H and O–H groups in total. The van der Waals surface area contributed by atoms with Crippen molar-refractivity contribution in [1.82, 2.24) is 10.3 Å². The Labute approximate surface area is 160 Å². The first-order chi connectivity index (χ1) is 13.0.